The van der Waals surface area contributed by atoms with Crippen molar-refractivity contribution in [2.24, 2.45) is 0 Å². The SMILES string of the molecule is C=C(NNC(=O)Cc1ccccc1)c1ccc(Br)s1. The summed E-state index contributed by atoms with van der Waals surface area (Å²) >= 11 is 4.94. The molecule has 0 saturated heterocycles. The van der Waals surface area contributed by atoms with Gasteiger partial charge < -0.3 is 0 Å². The first-order chi connectivity index (χ1) is 9.15. The lowest BCUT2D eigenvalue weighted by atomic mass is 10.1. The normalized spacial score (nSPS) is 9.95. The molecular weight excluding hydrogens is 324 g/mol. The van der Waals surface area contributed by atoms with Gasteiger partial charge in [0.05, 0.1) is 20.8 Å². The molecule has 1 heterocycles. The highest BCUT2D eigenvalue weighted by molar-refractivity contribution is 9.11. The number of carbonyl (C=O) groups excluding carboxylic acids is 1. The van der Waals surface area contributed by atoms with Crippen LogP contribution in [0.2, 0.25) is 0 Å². The van der Waals surface area contributed by atoms with Crippen LogP contribution in [0, 0.1) is 0 Å². The van der Waals surface area contributed by atoms with Crippen LogP contribution in [0.15, 0.2) is 52.8 Å². The number of carbonyl (C=O) groups is 1. The van der Waals surface area contributed by atoms with Crippen molar-refractivity contribution >= 4 is 38.9 Å². The number of amides is 1. The summed E-state index contributed by atoms with van der Waals surface area (Å²) in [4.78, 5) is 12.7. The number of rotatable bonds is 5. The van der Waals surface area contributed by atoms with Gasteiger partial charge in [-0.3, -0.25) is 15.6 Å². The van der Waals surface area contributed by atoms with Crippen LogP contribution in [-0.2, 0) is 11.2 Å². The molecule has 1 aromatic carbocycles. The summed E-state index contributed by atoms with van der Waals surface area (Å²) in [5, 5.41) is 0. The summed E-state index contributed by atoms with van der Waals surface area (Å²) in [7, 11) is 0. The van der Waals surface area contributed by atoms with Gasteiger partial charge in [0.1, 0.15) is 0 Å². The third-order valence-corrected chi connectivity index (χ3v) is 4.11. The molecule has 2 aromatic rings. The van der Waals surface area contributed by atoms with Gasteiger partial charge in [-0.15, -0.1) is 11.3 Å². The van der Waals surface area contributed by atoms with Gasteiger partial charge >= 0.3 is 0 Å². The van der Waals surface area contributed by atoms with Crippen molar-refractivity contribution in [1.82, 2.24) is 10.9 Å². The molecule has 0 aliphatic heterocycles. The van der Waals surface area contributed by atoms with Gasteiger partial charge in [0, 0.05) is 0 Å². The molecule has 0 fully saturated rings. The lowest BCUT2D eigenvalue weighted by molar-refractivity contribution is -0.121. The fourth-order valence-electron chi connectivity index (χ4n) is 1.51. The Kier molecular flexibility index (Phi) is 4.76. The summed E-state index contributed by atoms with van der Waals surface area (Å²) in [6.07, 6.45) is 0.343. The Labute approximate surface area is 124 Å². The van der Waals surface area contributed by atoms with E-state index < -0.39 is 0 Å². The van der Waals surface area contributed by atoms with Crippen molar-refractivity contribution < 1.29 is 4.79 Å². The molecule has 5 heteroatoms. The zero-order valence-corrected chi connectivity index (χ0v) is 12.6. The first kappa shape index (κ1) is 13.8. The monoisotopic (exact) mass is 336 g/mol. The second-order valence-electron chi connectivity index (χ2n) is 3.92. The van der Waals surface area contributed by atoms with Gasteiger partial charge in [0.15, 0.2) is 0 Å². The van der Waals surface area contributed by atoms with E-state index in [-0.39, 0.29) is 5.91 Å². The molecule has 98 valence electrons. The van der Waals surface area contributed by atoms with Gasteiger partial charge in [-0.25, -0.2) is 0 Å². The molecule has 0 saturated carbocycles. The molecule has 2 rings (SSSR count). The highest BCUT2D eigenvalue weighted by Gasteiger charge is 2.05. The third kappa shape index (κ3) is 4.22. The number of benzene rings is 1. The number of nitrogens with one attached hydrogen (secondary N) is 2. The summed E-state index contributed by atoms with van der Waals surface area (Å²) in [6, 6.07) is 13.5. The number of hydrazine groups is 1. The maximum atomic E-state index is 11.7. The fraction of sp³-hybridized carbons (Fsp3) is 0.0714. The maximum Gasteiger partial charge on any atom is 0.242 e. The zero-order chi connectivity index (χ0) is 13.7. The standard InChI is InChI=1S/C14H13BrN2OS/c1-10(12-7-8-13(15)19-12)16-17-14(18)9-11-5-3-2-4-6-11/h2-8,16H,1,9H2,(H,17,18). The van der Waals surface area contributed by atoms with E-state index in [0.29, 0.717) is 12.1 Å². The van der Waals surface area contributed by atoms with Crippen molar-refractivity contribution in [3.05, 3.63) is 63.3 Å². The molecule has 1 amide bonds. The molecule has 3 nitrogen and oxygen atoms in total. The minimum atomic E-state index is -0.0945. The summed E-state index contributed by atoms with van der Waals surface area (Å²) in [5.41, 5.74) is 7.13. The van der Waals surface area contributed by atoms with E-state index in [1.165, 1.54) is 0 Å². The first-order valence-electron chi connectivity index (χ1n) is 5.68. The van der Waals surface area contributed by atoms with Crippen LogP contribution in [0.4, 0.5) is 0 Å². The van der Waals surface area contributed by atoms with Crippen LogP contribution in [-0.4, -0.2) is 5.91 Å². The van der Waals surface area contributed by atoms with Gasteiger partial charge in [-0.2, -0.15) is 0 Å². The number of thiophene rings is 1. The molecule has 0 atom stereocenters. The van der Waals surface area contributed by atoms with Gasteiger partial charge in [-0.05, 0) is 33.6 Å². The van der Waals surface area contributed by atoms with Crippen molar-refractivity contribution in [2.45, 2.75) is 6.42 Å². The Bertz CT molecular complexity index is 580. The zero-order valence-electron chi connectivity index (χ0n) is 10.2. The molecule has 0 spiro atoms. The molecule has 1 aromatic heterocycles. The smallest absolute Gasteiger partial charge is 0.242 e. The quantitative estimate of drug-likeness (QED) is 0.822. The summed E-state index contributed by atoms with van der Waals surface area (Å²) < 4.78 is 1.03. The van der Waals surface area contributed by atoms with Gasteiger partial charge in [0.2, 0.25) is 5.91 Å². The summed E-state index contributed by atoms with van der Waals surface area (Å²) in [5.74, 6) is -0.0945. The topological polar surface area (TPSA) is 41.1 Å². The van der Waals surface area contributed by atoms with E-state index >= 15 is 0 Å². The van der Waals surface area contributed by atoms with E-state index in [0.717, 1.165) is 14.2 Å². The Morgan fingerprint density at radius 3 is 2.53 bits per heavy atom. The van der Waals surface area contributed by atoms with Crippen molar-refractivity contribution in [3.8, 4) is 0 Å². The molecular formula is C14H13BrN2OS. The molecule has 2 N–H and O–H groups in total. The lowest BCUT2D eigenvalue weighted by Gasteiger charge is -2.09. The third-order valence-electron chi connectivity index (χ3n) is 2.43. The van der Waals surface area contributed by atoms with Gasteiger partial charge in [0.25, 0.3) is 0 Å². The largest absolute Gasteiger partial charge is 0.298 e. The first-order valence-corrected chi connectivity index (χ1v) is 7.29. The molecule has 0 aliphatic rings. The lowest BCUT2D eigenvalue weighted by Crippen LogP contribution is -2.36. The Morgan fingerprint density at radius 1 is 1.16 bits per heavy atom. The molecule has 0 radical (unpaired) electrons. The van der Waals surface area contributed by atoms with Crippen LogP contribution in [0.25, 0.3) is 5.70 Å². The van der Waals surface area contributed by atoms with Crippen LogP contribution in [0.5, 0.6) is 0 Å². The molecule has 0 bridgehead atoms. The van der Waals surface area contributed by atoms with Crippen molar-refractivity contribution in [2.75, 3.05) is 0 Å². The van der Waals surface area contributed by atoms with E-state index in [4.69, 9.17) is 0 Å². The minimum absolute atomic E-state index is 0.0945. The Balaban J connectivity index is 1.82. The van der Waals surface area contributed by atoms with Crippen LogP contribution in [0.1, 0.15) is 10.4 Å². The predicted octanol–water partition coefficient (Wildman–Crippen LogP) is 3.34. The van der Waals surface area contributed by atoms with Crippen molar-refractivity contribution in [3.63, 3.8) is 0 Å². The van der Waals surface area contributed by atoms with E-state index in [9.17, 15) is 4.79 Å². The molecule has 0 aliphatic carbocycles. The Morgan fingerprint density at radius 2 is 1.89 bits per heavy atom. The molecule has 0 unspecified atom stereocenters. The maximum absolute atomic E-state index is 11.7. The number of hydrogen-bond acceptors (Lipinski definition) is 3. The van der Waals surface area contributed by atoms with Crippen molar-refractivity contribution in [1.29, 1.82) is 0 Å². The average molecular weight is 337 g/mol. The fourth-order valence-corrected chi connectivity index (χ4v) is 2.82. The van der Waals surface area contributed by atoms with Crippen LogP contribution in [0.3, 0.4) is 0 Å². The second kappa shape index (κ2) is 6.54. The Hall–Kier alpha value is -1.59. The average Bonchev–Trinajstić information content (AvgIpc) is 2.84. The second-order valence-corrected chi connectivity index (χ2v) is 6.38. The highest BCUT2D eigenvalue weighted by atomic mass is 79.9. The predicted molar refractivity (Wildman–Crippen MR) is 82.5 cm³/mol. The van der Waals surface area contributed by atoms with Crippen LogP contribution >= 0.6 is 27.3 Å². The van der Waals surface area contributed by atoms with E-state index in [2.05, 4.69) is 33.4 Å². The number of hydrogen-bond donors (Lipinski definition) is 2. The molecule has 19 heavy (non-hydrogen) atoms. The minimum Gasteiger partial charge on any atom is -0.298 e. The van der Waals surface area contributed by atoms with Gasteiger partial charge in [-0.1, -0.05) is 36.9 Å². The highest BCUT2D eigenvalue weighted by Crippen LogP contribution is 2.25. The summed E-state index contributed by atoms with van der Waals surface area (Å²) in [6.45, 7) is 3.88. The number of halogens is 1. The van der Waals surface area contributed by atoms with E-state index in [1.54, 1.807) is 11.3 Å². The van der Waals surface area contributed by atoms with Crippen LogP contribution < -0.4 is 10.9 Å². The van der Waals surface area contributed by atoms with E-state index in [1.807, 2.05) is 42.5 Å².